The Morgan fingerprint density at radius 2 is 1.97 bits per heavy atom. The summed E-state index contributed by atoms with van der Waals surface area (Å²) in [7, 11) is 1.61. The van der Waals surface area contributed by atoms with Crippen molar-refractivity contribution in [3.8, 4) is 5.75 Å². The van der Waals surface area contributed by atoms with Crippen molar-refractivity contribution < 1.29 is 9.53 Å². The van der Waals surface area contributed by atoms with E-state index >= 15 is 0 Å². The number of anilines is 1. The summed E-state index contributed by atoms with van der Waals surface area (Å²) in [4.78, 5) is 32.6. The van der Waals surface area contributed by atoms with E-state index in [0.29, 0.717) is 28.5 Å². The van der Waals surface area contributed by atoms with Crippen molar-refractivity contribution >= 4 is 44.9 Å². The van der Waals surface area contributed by atoms with E-state index in [1.54, 1.807) is 16.6 Å². The molecular formula is C24H23N3O3S2. The molecule has 0 aliphatic rings. The first-order valence-electron chi connectivity index (χ1n) is 10.2. The molecule has 0 bridgehead atoms. The molecule has 0 aliphatic heterocycles. The molecule has 2 aromatic heterocycles. The number of carbonyl (C=O) groups is 1. The molecule has 0 radical (unpaired) electrons. The van der Waals surface area contributed by atoms with Crippen molar-refractivity contribution in [2.24, 2.45) is 0 Å². The van der Waals surface area contributed by atoms with Crippen molar-refractivity contribution in [1.82, 2.24) is 9.55 Å². The number of thioether (sulfide) groups is 1. The van der Waals surface area contributed by atoms with Gasteiger partial charge in [0.1, 0.15) is 10.4 Å². The number of hydrogen-bond donors (Lipinski definition) is 0. The van der Waals surface area contributed by atoms with E-state index in [9.17, 15) is 9.59 Å². The Balaban J connectivity index is 1.63. The third kappa shape index (κ3) is 4.71. The van der Waals surface area contributed by atoms with E-state index in [0.717, 1.165) is 17.0 Å². The summed E-state index contributed by atoms with van der Waals surface area (Å²) < 4.78 is 7.57. The van der Waals surface area contributed by atoms with E-state index in [-0.39, 0.29) is 17.2 Å². The van der Waals surface area contributed by atoms with Crippen molar-refractivity contribution in [3.63, 3.8) is 0 Å². The number of amides is 1. The molecule has 8 heteroatoms. The Bertz CT molecular complexity index is 1280. The molecule has 0 spiro atoms. The SMILES string of the molecule is CCN(C(=O)CSc1nc2ccsc2c(=O)n1Cc1cccc(OC)c1)c1ccccc1. The number of nitrogens with zero attached hydrogens (tertiary/aromatic N) is 3. The number of benzene rings is 2. The van der Waals surface area contributed by atoms with Gasteiger partial charge in [-0.3, -0.25) is 14.2 Å². The molecule has 0 aliphatic carbocycles. The monoisotopic (exact) mass is 465 g/mol. The molecule has 0 saturated heterocycles. The van der Waals surface area contributed by atoms with Gasteiger partial charge in [0.2, 0.25) is 5.91 Å². The predicted molar refractivity (Wildman–Crippen MR) is 131 cm³/mol. The van der Waals surface area contributed by atoms with Gasteiger partial charge < -0.3 is 9.64 Å². The molecule has 2 heterocycles. The van der Waals surface area contributed by atoms with Gasteiger partial charge in [0.05, 0.1) is 24.9 Å². The fourth-order valence-corrected chi connectivity index (χ4v) is 5.09. The minimum atomic E-state index is -0.0989. The highest BCUT2D eigenvalue weighted by atomic mass is 32.2. The zero-order valence-electron chi connectivity index (χ0n) is 17.9. The Kier molecular flexibility index (Phi) is 6.92. The smallest absolute Gasteiger partial charge is 0.272 e. The number of ether oxygens (including phenoxy) is 1. The maximum Gasteiger partial charge on any atom is 0.272 e. The van der Waals surface area contributed by atoms with E-state index in [4.69, 9.17) is 9.72 Å². The molecule has 4 aromatic rings. The van der Waals surface area contributed by atoms with Gasteiger partial charge in [-0.05, 0) is 48.2 Å². The second-order valence-corrected chi connectivity index (χ2v) is 8.89. The average molecular weight is 466 g/mol. The standard InChI is InChI=1S/C24H23N3O3S2/c1-3-26(18-9-5-4-6-10-18)21(28)16-32-24-25-20-12-13-31-22(20)23(29)27(24)15-17-8-7-11-19(14-17)30-2/h4-14H,3,15-16H2,1-2H3. The van der Waals surface area contributed by atoms with Crippen molar-refractivity contribution in [1.29, 1.82) is 0 Å². The summed E-state index contributed by atoms with van der Waals surface area (Å²) in [6.07, 6.45) is 0. The lowest BCUT2D eigenvalue weighted by Crippen LogP contribution is -2.32. The van der Waals surface area contributed by atoms with Crippen LogP contribution in [0.3, 0.4) is 0 Å². The number of hydrogen-bond acceptors (Lipinski definition) is 6. The van der Waals surface area contributed by atoms with E-state index in [1.807, 2.05) is 73.0 Å². The molecule has 0 saturated carbocycles. The average Bonchev–Trinajstić information content (AvgIpc) is 3.30. The molecule has 4 rings (SSSR count). The molecule has 164 valence electrons. The minimum absolute atomic E-state index is 0.0312. The van der Waals surface area contributed by atoms with Crippen molar-refractivity contribution in [2.45, 2.75) is 18.6 Å². The summed E-state index contributed by atoms with van der Waals surface area (Å²) in [6, 6.07) is 19.0. The van der Waals surface area contributed by atoms with Crippen LogP contribution in [0.1, 0.15) is 12.5 Å². The fraction of sp³-hybridized carbons (Fsp3) is 0.208. The first-order valence-corrected chi connectivity index (χ1v) is 12.1. The predicted octanol–water partition coefficient (Wildman–Crippen LogP) is 4.66. The molecule has 0 atom stereocenters. The van der Waals surface area contributed by atoms with Gasteiger partial charge in [-0.2, -0.15) is 0 Å². The molecular weight excluding hydrogens is 442 g/mol. The molecule has 0 N–H and O–H groups in total. The normalized spacial score (nSPS) is 10.9. The van der Waals surface area contributed by atoms with Crippen LogP contribution in [0.5, 0.6) is 5.75 Å². The number of thiophene rings is 1. The highest BCUT2D eigenvalue weighted by molar-refractivity contribution is 7.99. The number of para-hydroxylation sites is 1. The van der Waals surface area contributed by atoms with Gasteiger partial charge in [0.15, 0.2) is 5.16 Å². The molecule has 2 aromatic carbocycles. The van der Waals surface area contributed by atoms with Crippen LogP contribution in [0.25, 0.3) is 10.2 Å². The van der Waals surface area contributed by atoms with Gasteiger partial charge in [0, 0.05) is 12.2 Å². The number of aromatic nitrogens is 2. The van der Waals surface area contributed by atoms with Crippen LogP contribution in [-0.2, 0) is 11.3 Å². The zero-order chi connectivity index (χ0) is 22.5. The third-order valence-electron chi connectivity index (χ3n) is 5.02. The summed E-state index contributed by atoms with van der Waals surface area (Å²) >= 11 is 2.67. The van der Waals surface area contributed by atoms with Gasteiger partial charge in [0.25, 0.3) is 5.56 Å². The minimum Gasteiger partial charge on any atom is -0.497 e. The molecule has 0 unspecified atom stereocenters. The van der Waals surface area contributed by atoms with Crippen LogP contribution in [0, 0.1) is 0 Å². The van der Waals surface area contributed by atoms with Crippen molar-refractivity contribution in [3.05, 3.63) is 82.0 Å². The quantitative estimate of drug-likeness (QED) is 0.280. The van der Waals surface area contributed by atoms with Crippen LogP contribution in [0.4, 0.5) is 5.69 Å². The maximum atomic E-state index is 13.2. The Hall–Kier alpha value is -3.10. The van der Waals surface area contributed by atoms with Crippen LogP contribution in [-0.4, -0.2) is 34.9 Å². The van der Waals surface area contributed by atoms with Gasteiger partial charge in [-0.25, -0.2) is 4.98 Å². The lowest BCUT2D eigenvalue weighted by molar-refractivity contribution is -0.116. The van der Waals surface area contributed by atoms with Gasteiger partial charge >= 0.3 is 0 Å². The fourth-order valence-electron chi connectivity index (χ4n) is 3.44. The molecule has 0 fully saturated rings. The summed E-state index contributed by atoms with van der Waals surface area (Å²) in [6.45, 7) is 2.87. The number of fused-ring (bicyclic) bond motifs is 1. The van der Waals surface area contributed by atoms with Gasteiger partial charge in [-0.1, -0.05) is 42.1 Å². The zero-order valence-corrected chi connectivity index (χ0v) is 19.5. The topological polar surface area (TPSA) is 64.4 Å². The number of rotatable bonds is 8. The first kappa shape index (κ1) is 22.1. The largest absolute Gasteiger partial charge is 0.497 e. The molecule has 6 nitrogen and oxygen atoms in total. The van der Waals surface area contributed by atoms with E-state index < -0.39 is 0 Å². The molecule has 32 heavy (non-hydrogen) atoms. The second kappa shape index (κ2) is 10.0. The van der Waals surface area contributed by atoms with Crippen LogP contribution < -0.4 is 15.2 Å². The molecule has 1 amide bonds. The van der Waals surface area contributed by atoms with Crippen molar-refractivity contribution in [2.75, 3.05) is 24.3 Å². The maximum absolute atomic E-state index is 13.2. The number of carbonyl (C=O) groups excluding carboxylic acids is 1. The summed E-state index contributed by atoms with van der Waals surface area (Å²) in [5.74, 6) is 0.881. The van der Waals surface area contributed by atoms with Crippen LogP contribution in [0.2, 0.25) is 0 Å². The summed E-state index contributed by atoms with van der Waals surface area (Å²) in [5.41, 5.74) is 2.35. The first-order chi connectivity index (χ1) is 15.6. The van der Waals surface area contributed by atoms with Gasteiger partial charge in [-0.15, -0.1) is 11.3 Å². The van der Waals surface area contributed by atoms with Crippen LogP contribution >= 0.6 is 23.1 Å². The highest BCUT2D eigenvalue weighted by Crippen LogP contribution is 2.24. The highest BCUT2D eigenvalue weighted by Gasteiger charge is 2.18. The number of methoxy groups -OCH3 is 1. The van der Waals surface area contributed by atoms with E-state index in [1.165, 1.54) is 23.1 Å². The Morgan fingerprint density at radius 1 is 1.16 bits per heavy atom. The Labute approximate surface area is 194 Å². The Morgan fingerprint density at radius 3 is 2.72 bits per heavy atom. The second-order valence-electron chi connectivity index (χ2n) is 7.03. The van der Waals surface area contributed by atoms with Crippen LogP contribution in [0.15, 0.2) is 76.0 Å². The van der Waals surface area contributed by atoms with E-state index in [2.05, 4.69) is 0 Å². The summed E-state index contributed by atoms with van der Waals surface area (Å²) in [5, 5.41) is 2.39. The lowest BCUT2D eigenvalue weighted by atomic mass is 10.2. The third-order valence-corrected chi connectivity index (χ3v) is 6.87. The lowest BCUT2D eigenvalue weighted by Gasteiger charge is -2.21.